The van der Waals surface area contributed by atoms with Crippen LogP contribution < -0.4 is 5.32 Å². The van der Waals surface area contributed by atoms with Crippen molar-refractivity contribution in [3.05, 3.63) is 67.1 Å². The molecule has 122 valence electrons. The molecule has 1 N–H and O–H groups in total. The quantitative estimate of drug-likeness (QED) is 0.589. The summed E-state index contributed by atoms with van der Waals surface area (Å²) in [5.74, 6) is 0.236. The van der Waals surface area contributed by atoms with E-state index in [0.717, 1.165) is 5.69 Å². The van der Waals surface area contributed by atoms with Crippen molar-refractivity contribution in [2.24, 2.45) is 0 Å². The van der Waals surface area contributed by atoms with Crippen LogP contribution in [0.15, 0.2) is 61.4 Å². The van der Waals surface area contributed by atoms with E-state index < -0.39 is 0 Å². The van der Waals surface area contributed by atoms with Crippen LogP contribution in [-0.2, 0) is 0 Å². The van der Waals surface area contributed by atoms with Crippen LogP contribution in [0.1, 0.15) is 10.5 Å². The Morgan fingerprint density at radius 2 is 1.88 bits per heavy atom. The number of hydrogen-bond acceptors (Lipinski definition) is 7. The molecule has 0 fully saturated rings. The Kier molecular flexibility index (Phi) is 3.67. The number of amides is 1. The average molecular weight is 333 g/mol. The standard InChI is InChI=1S/C15H11N9O/c25-15(13-5-6-14(20-19-13)23-8-7-16-9-23)18-11-1-3-12(4-2-11)24-10-17-21-22-24/h1-10H,(H,18,25). The first kappa shape index (κ1) is 14.6. The van der Waals surface area contributed by atoms with Gasteiger partial charge in [0.25, 0.3) is 5.91 Å². The number of carbonyl (C=O) groups excluding carboxylic acids is 1. The number of anilines is 1. The predicted octanol–water partition coefficient (Wildman–Crippen LogP) is 0.890. The highest BCUT2D eigenvalue weighted by Gasteiger charge is 2.09. The molecule has 1 amide bonds. The van der Waals surface area contributed by atoms with Gasteiger partial charge < -0.3 is 5.32 Å². The third-order valence-electron chi connectivity index (χ3n) is 3.39. The zero-order valence-corrected chi connectivity index (χ0v) is 12.8. The molecule has 0 saturated heterocycles. The summed E-state index contributed by atoms with van der Waals surface area (Å²) in [5.41, 5.74) is 1.63. The first-order valence-corrected chi connectivity index (χ1v) is 7.26. The normalized spacial score (nSPS) is 10.6. The molecular weight excluding hydrogens is 322 g/mol. The molecule has 25 heavy (non-hydrogen) atoms. The van der Waals surface area contributed by atoms with Gasteiger partial charge in [-0.2, -0.15) is 0 Å². The summed E-state index contributed by atoms with van der Waals surface area (Å²) in [6.07, 6.45) is 6.48. The fourth-order valence-corrected chi connectivity index (χ4v) is 2.15. The zero-order chi connectivity index (χ0) is 17.1. The Morgan fingerprint density at radius 3 is 2.52 bits per heavy atom. The van der Waals surface area contributed by atoms with Gasteiger partial charge in [0.15, 0.2) is 11.5 Å². The summed E-state index contributed by atoms with van der Waals surface area (Å²) in [6.45, 7) is 0. The Morgan fingerprint density at radius 1 is 1.00 bits per heavy atom. The van der Waals surface area contributed by atoms with Crippen molar-refractivity contribution in [1.82, 2.24) is 40.0 Å². The van der Waals surface area contributed by atoms with Gasteiger partial charge in [-0.15, -0.1) is 15.3 Å². The number of aromatic nitrogens is 8. The summed E-state index contributed by atoms with van der Waals surface area (Å²) in [4.78, 5) is 16.2. The molecule has 10 heteroatoms. The van der Waals surface area contributed by atoms with E-state index >= 15 is 0 Å². The molecule has 3 heterocycles. The van der Waals surface area contributed by atoms with E-state index in [2.05, 4.69) is 36.0 Å². The summed E-state index contributed by atoms with van der Waals surface area (Å²) < 4.78 is 3.22. The molecule has 0 bridgehead atoms. The fourth-order valence-electron chi connectivity index (χ4n) is 2.15. The number of hydrogen-bond donors (Lipinski definition) is 1. The molecule has 0 spiro atoms. The molecule has 0 saturated carbocycles. The summed E-state index contributed by atoms with van der Waals surface area (Å²) in [7, 11) is 0. The summed E-state index contributed by atoms with van der Waals surface area (Å²) >= 11 is 0. The van der Waals surface area contributed by atoms with E-state index in [9.17, 15) is 4.79 Å². The van der Waals surface area contributed by atoms with Gasteiger partial charge in [-0.05, 0) is 46.8 Å². The molecular formula is C15H11N9O. The van der Waals surface area contributed by atoms with E-state index in [1.54, 1.807) is 59.7 Å². The molecule has 0 aliphatic heterocycles. The van der Waals surface area contributed by atoms with Crippen LogP contribution in [-0.4, -0.2) is 45.9 Å². The van der Waals surface area contributed by atoms with Crippen LogP contribution >= 0.6 is 0 Å². The minimum Gasteiger partial charge on any atom is -0.321 e. The Hall–Kier alpha value is -3.95. The number of benzene rings is 1. The molecule has 3 aromatic heterocycles. The first-order chi connectivity index (χ1) is 12.3. The number of nitrogens with zero attached hydrogens (tertiary/aromatic N) is 8. The van der Waals surface area contributed by atoms with Gasteiger partial charge in [0.2, 0.25) is 0 Å². The van der Waals surface area contributed by atoms with Crippen molar-refractivity contribution in [3.63, 3.8) is 0 Å². The number of carbonyl (C=O) groups is 1. The zero-order valence-electron chi connectivity index (χ0n) is 12.8. The third-order valence-corrected chi connectivity index (χ3v) is 3.39. The van der Waals surface area contributed by atoms with Gasteiger partial charge in [-0.25, -0.2) is 9.67 Å². The molecule has 0 atom stereocenters. The van der Waals surface area contributed by atoms with E-state index in [-0.39, 0.29) is 11.6 Å². The Bertz CT molecular complexity index is 961. The van der Waals surface area contributed by atoms with Gasteiger partial charge in [-0.3, -0.25) is 9.36 Å². The molecule has 10 nitrogen and oxygen atoms in total. The fraction of sp³-hybridized carbons (Fsp3) is 0. The minimum absolute atomic E-state index is 0.216. The minimum atomic E-state index is -0.347. The maximum Gasteiger partial charge on any atom is 0.276 e. The van der Waals surface area contributed by atoms with Crippen molar-refractivity contribution in [2.75, 3.05) is 5.32 Å². The highest BCUT2D eigenvalue weighted by atomic mass is 16.1. The molecule has 4 rings (SSSR count). The second-order valence-corrected chi connectivity index (χ2v) is 5.00. The highest BCUT2D eigenvalue weighted by molar-refractivity contribution is 6.02. The smallest absolute Gasteiger partial charge is 0.276 e. The van der Waals surface area contributed by atoms with Gasteiger partial charge in [-0.1, -0.05) is 0 Å². The molecule has 4 aromatic rings. The summed E-state index contributed by atoms with van der Waals surface area (Å²) in [6, 6.07) is 10.4. The van der Waals surface area contributed by atoms with Gasteiger partial charge in [0.05, 0.1) is 5.69 Å². The predicted molar refractivity (Wildman–Crippen MR) is 86.3 cm³/mol. The van der Waals surface area contributed by atoms with Crippen LogP contribution in [0.3, 0.4) is 0 Å². The second-order valence-electron chi connectivity index (χ2n) is 5.00. The maximum absolute atomic E-state index is 12.3. The average Bonchev–Trinajstić information content (AvgIpc) is 3.36. The van der Waals surface area contributed by atoms with Crippen molar-refractivity contribution < 1.29 is 4.79 Å². The lowest BCUT2D eigenvalue weighted by Crippen LogP contribution is -2.15. The van der Waals surface area contributed by atoms with Crippen LogP contribution in [0.2, 0.25) is 0 Å². The first-order valence-electron chi connectivity index (χ1n) is 7.26. The van der Waals surface area contributed by atoms with Crippen molar-refractivity contribution in [2.45, 2.75) is 0 Å². The molecule has 0 radical (unpaired) electrons. The van der Waals surface area contributed by atoms with Crippen molar-refractivity contribution in [1.29, 1.82) is 0 Å². The van der Waals surface area contributed by atoms with Crippen LogP contribution in [0.25, 0.3) is 11.5 Å². The molecule has 0 aliphatic carbocycles. The number of nitrogens with one attached hydrogen (secondary N) is 1. The van der Waals surface area contributed by atoms with E-state index in [1.807, 2.05) is 0 Å². The largest absolute Gasteiger partial charge is 0.321 e. The highest BCUT2D eigenvalue weighted by Crippen LogP contribution is 2.13. The van der Waals surface area contributed by atoms with Crippen LogP contribution in [0, 0.1) is 0 Å². The number of tetrazole rings is 1. The lowest BCUT2D eigenvalue weighted by molar-refractivity contribution is 0.102. The molecule has 0 aliphatic rings. The van der Waals surface area contributed by atoms with Crippen LogP contribution in [0.4, 0.5) is 5.69 Å². The topological polar surface area (TPSA) is 116 Å². The monoisotopic (exact) mass is 333 g/mol. The Labute approximate surface area is 141 Å². The molecule has 1 aromatic carbocycles. The van der Waals surface area contributed by atoms with E-state index in [1.165, 1.54) is 11.0 Å². The third kappa shape index (κ3) is 3.08. The maximum atomic E-state index is 12.3. The van der Waals surface area contributed by atoms with Crippen molar-refractivity contribution in [3.8, 4) is 11.5 Å². The molecule has 0 unspecified atom stereocenters. The van der Waals surface area contributed by atoms with E-state index in [0.29, 0.717) is 11.5 Å². The SMILES string of the molecule is O=C(Nc1ccc(-n2cnnn2)cc1)c1ccc(-n2ccnc2)nn1. The van der Waals surface area contributed by atoms with Gasteiger partial charge in [0.1, 0.15) is 12.7 Å². The van der Waals surface area contributed by atoms with Crippen LogP contribution in [0.5, 0.6) is 0 Å². The number of imidazole rings is 1. The lowest BCUT2D eigenvalue weighted by Gasteiger charge is -2.06. The number of rotatable bonds is 4. The Balaban J connectivity index is 1.46. The van der Waals surface area contributed by atoms with Crippen molar-refractivity contribution >= 4 is 11.6 Å². The van der Waals surface area contributed by atoms with Gasteiger partial charge >= 0.3 is 0 Å². The van der Waals surface area contributed by atoms with Gasteiger partial charge in [0, 0.05) is 18.1 Å². The second kappa shape index (κ2) is 6.28. The summed E-state index contributed by atoms with van der Waals surface area (Å²) in [5, 5.41) is 21.7. The lowest BCUT2D eigenvalue weighted by atomic mass is 10.2. The van der Waals surface area contributed by atoms with E-state index in [4.69, 9.17) is 0 Å².